The molecule has 0 spiro atoms. The molecule has 0 saturated carbocycles. The van der Waals surface area contributed by atoms with E-state index in [9.17, 15) is 30.0 Å². The summed E-state index contributed by atoms with van der Waals surface area (Å²) in [5, 5.41) is 41.3. The highest BCUT2D eigenvalue weighted by Gasteiger charge is 2.25. The fraction of sp³-hybridized carbons (Fsp3) is 0.0909. The normalized spacial score (nSPS) is 11.1. The fourth-order valence-corrected chi connectivity index (χ4v) is 4.93. The van der Waals surface area contributed by atoms with E-state index in [0.29, 0.717) is 11.1 Å². The van der Waals surface area contributed by atoms with E-state index in [0.717, 1.165) is 0 Å². The molecule has 2 heterocycles. The first-order chi connectivity index (χ1) is 21.6. The average molecular weight is 613 g/mol. The van der Waals surface area contributed by atoms with Crippen LogP contribution in [0.5, 0.6) is 51.7 Å². The molecular formula is C33H24O12. The standard InChI is InChI=1S/C33H24O12/c1-40-23-10-16(6-9-18(23)35)22-12-20(37)29-25(44-22)14-27(33(42-3)31(29)39)45-26-13-24-28(30(38)32(26)41-2)19(36)11-21(43-24)15-4-7-17(34)8-5-15/h4-14,34-35,38-39H,1-3H3. The minimum Gasteiger partial charge on any atom is -0.508 e. The molecule has 6 rings (SSSR count). The average Bonchev–Trinajstić information content (AvgIpc) is 3.01. The summed E-state index contributed by atoms with van der Waals surface area (Å²) in [5.74, 6) is -1.52. The van der Waals surface area contributed by atoms with Gasteiger partial charge < -0.3 is 48.2 Å². The fourth-order valence-electron chi connectivity index (χ4n) is 4.93. The lowest BCUT2D eigenvalue weighted by Crippen LogP contribution is -2.04. The SMILES string of the molecule is COc1cc(-c2cc(=O)c3c(O)c(OC)c(Oc4cc5oc(-c6ccc(O)cc6)cc(=O)c5c(O)c4OC)cc3o2)ccc1O. The Morgan fingerprint density at radius 2 is 1.04 bits per heavy atom. The van der Waals surface area contributed by atoms with Gasteiger partial charge in [-0.05, 0) is 42.5 Å². The third-order valence-electron chi connectivity index (χ3n) is 7.07. The van der Waals surface area contributed by atoms with Crippen molar-refractivity contribution in [2.24, 2.45) is 0 Å². The Morgan fingerprint density at radius 3 is 1.53 bits per heavy atom. The van der Waals surface area contributed by atoms with E-state index < -0.39 is 22.4 Å². The molecule has 0 bridgehead atoms. The molecule has 12 heteroatoms. The molecule has 0 aliphatic rings. The van der Waals surface area contributed by atoms with E-state index in [-0.39, 0.29) is 73.7 Å². The van der Waals surface area contributed by atoms with Gasteiger partial charge in [-0.3, -0.25) is 9.59 Å². The maximum Gasteiger partial charge on any atom is 0.204 e. The number of fused-ring (bicyclic) bond motifs is 2. The molecule has 0 radical (unpaired) electrons. The highest BCUT2D eigenvalue weighted by atomic mass is 16.5. The second-order valence-corrected chi connectivity index (χ2v) is 9.74. The molecule has 2 aromatic heterocycles. The Labute approximate surface area is 253 Å². The predicted molar refractivity (Wildman–Crippen MR) is 162 cm³/mol. The Morgan fingerprint density at radius 1 is 0.556 bits per heavy atom. The Hall–Kier alpha value is -6.30. The molecule has 45 heavy (non-hydrogen) atoms. The number of aromatic hydroxyl groups is 4. The lowest BCUT2D eigenvalue weighted by molar-refractivity contribution is 0.331. The van der Waals surface area contributed by atoms with Crippen molar-refractivity contribution in [3.05, 3.63) is 87.2 Å². The van der Waals surface area contributed by atoms with Crippen LogP contribution in [-0.2, 0) is 0 Å². The van der Waals surface area contributed by atoms with Gasteiger partial charge in [-0.25, -0.2) is 0 Å². The zero-order valence-corrected chi connectivity index (χ0v) is 23.9. The third kappa shape index (κ3) is 4.93. The first kappa shape index (κ1) is 28.8. The van der Waals surface area contributed by atoms with E-state index in [1.807, 2.05) is 0 Å². The summed E-state index contributed by atoms with van der Waals surface area (Å²) < 4.78 is 33.9. The maximum atomic E-state index is 13.1. The number of rotatable bonds is 7. The van der Waals surface area contributed by atoms with Crippen LogP contribution in [0.4, 0.5) is 0 Å². The summed E-state index contributed by atoms with van der Waals surface area (Å²) in [5.41, 5.74) is -0.404. The number of ether oxygens (including phenoxy) is 4. The minimum absolute atomic E-state index is 0.0262. The molecule has 228 valence electrons. The number of phenols is 4. The van der Waals surface area contributed by atoms with Crippen molar-refractivity contribution >= 4 is 21.9 Å². The van der Waals surface area contributed by atoms with Gasteiger partial charge in [0, 0.05) is 35.4 Å². The van der Waals surface area contributed by atoms with Crippen molar-refractivity contribution in [3.8, 4) is 74.4 Å². The summed E-state index contributed by atoms with van der Waals surface area (Å²) in [4.78, 5) is 26.2. The second-order valence-electron chi connectivity index (χ2n) is 9.74. The smallest absolute Gasteiger partial charge is 0.204 e. The van der Waals surface area contributed by atoms with Gasteiger partial charge in [0.15, 0.2) is 45.4 Å². The molecule has 0 aliphatic carbocycles. The zero-order valence-electron chi connectivity index (χ0n) is 23.9. The number of phenolic OH excluding ortho intramolecular Hbond substituents is 4. The quantitative estimate of drug-likeness (QED) is 0.169. The van der Waals surface area contributed by atoms with E-state index in [1.165, 1.54) is 75.9 Å². The monoisotopic (exact) mass is 612 g/mol. The van der Waals surface area contributed by atoms with Crippen LogP contribution in [-0.4, -0.2) is 41.8 Å². The molecule has 6 aromatic rings. The number of benzene rings is 4. The highest BCUT2D eigenvalue weighted by Crippen LogP contribution is 2.49. The number of hydrogen-bond acceptors (Lipinski definition) is 12. The van der Waals surface area contributed by atoms with Crippen LogP contribution in [0, 0.1) is 0 Å². The largest absolute Gasteiger partial charge is 0.508 e. The van der Waals surface area contributed by atoms with Gasteiger partial charge in [0.2, 0.25) is 11.5 Å². The van der Waals surface area contributed by atoms with Gasteiger partial charge in [-0.2, -0.15) is 0 Å². The van der Waals surface area contributed by atoms with Gasteiger partial charge in [-0.1, -0.05) is 0 Å². The maximum absolute atomic E-state index is 13.1. The van der Waals surface area contributed by atoms with Crippen molar-refractivity contribution < 1.29 is 48.2 Å². The summed E-state index contributed by atoms with van der Waals surface area (Å²) >= 11 is 0. The van der Waals surface area contributed by atoms with Gasteiger partial charge >= 0.3 is 0 Å². The molecule has 0 fully saturated rings. The summed E-state index contributed by atoms with van der Waals surface area (Å²) in [6.45, 7) is 0. The summed E-state index contributed by atoms with van der Waals surface area (Å²) in [7, 11) is 3.89. The van der Waals surface area contributed by atoms with Gasteiger partial charge in [0.25, 0.3) is 0 Å². The van der Waals surface area contributed by atoms with Crippen LogP contribution in [0.2, 0.25) is 0 Å². The molecule has 0 saturated heterocycles. The first-order valence-corrected chi connectivity index (χ1v) is 13.2. The topological polar surface area (TPSA) is 178 Å². The van der Waals surface area contributed by atoms with E-state index in [4.69, 9.17) is 27.8 Å². The Balaban J connectivity index is 1.52. The summed E-state index contributed by atoms with van der Waals surface area (Å²) in [6, 6.07) is 15.3. The second kappa shape index (κ2) is 11.1. The van der Waals surface area contributed by atoms with E-state index >= 15 is 0 Å². The van der Waals surface area contributed by atoms with Crippen LogP contribution < -0.4 is 29.8 Å². The minimum atomic E-state index is -0.592. The molecule has 12 nitrogen and oxygen atoms in total. The van der Waals surface area contributed by atoms with Crippen molar-refractivity contribution in [2.75, 3.05) is 21.3 Å². The van der Waals surface area contributed by atoms with Crippen LogP contribution in [0.1, 0.15) is 0 Å². The predicted octanol–water partition coefficient (Wildman–Crippen LogP) is 5.87. The molecule has 4 aromatic carbocycles. The van der Waals surface area contributed by atoms with Crippen molar-refractivity contribution in [2.45, 2.75) is 0 Å². The number of methoxy groups -OCH3 is 3. The highest BCUT2D eigenvalue weighted by molar-refractivity contribution is 5.91. The van der Waals surface area contributed by atoms with Crippen LogP contribution in [0.15, 0.2) is 85.2 Å². The van der Waals surface area contributed by atoms with E-state index in [2.05, 4.69) is 0 Å². The lowest BCUT2D eigenvalue weighted by atomic mass is 10.1. The molecule has 0 unspecified atom stereocenters. The summed E-state index contributed by atoms with van der Waals surface area (Å²) in [6.07, 6.45) is 0. The van der Waals surface area contributed by atoms with Crippen LogP contribution >= 0.6 is 0 Å². The third-order valence-corrected chi connectivity index (χ3v) is 7.07. The Bertz CT molecular complexity index is 2230. The van der Waals surface area contributed by atoms with Crippen LogP contribution in [0.25, 0.3) is 44.6 Å². The van der Waals surface area contributed by atoms with Crippen LogP contribution in [0.3, 0.4) is 0 Å². The van der Waals surface area contributed by atoms with Gasteiger partial charge in [0.1, 0.15) is 39.2 Å². The lowest BCUT2D eigenvalue weighted by Gasteiger charge is -2.17. The Kier molecular flexibility index (Phi) is 7.09. The molecular weight excluding hydrogens is 588 g/mol. The van der Waals surface area contributed by atoms with Crippen molar-refractivity contribution in [3.63, 3.8) is 0 Å². The van der Waals surface area contributed by atoms with Crippen molar-refractivity contribution in [1.29, 1.82) is 0 Å². The zero-order chi connectivity index (χ0) is 32.0. The van der Waals surface area contributed by atoms with Crippen molar-refractivity contribution in [1.82, 2.24) is 0 Å². The molecule has 0 aliphatic heterocycles. The molecule has 0 amide bonds. The molecule has 0 atom stereocenters. The van der Waals surface area contributed by atoms with Gasteiger partial charge in [0.05, 0.1) is 21.3 Å². The number of hydrogen-bond donors (Lipinski definition) is 4. The molecule has 4 N–H and O–H groups in total. The van der Waals surface area contributed by atoms with E-state index in [1.54, 1.807) is 12.1 Å². The first-order valence-electron chi connectivity index (χ1n) is 13.2. The van der Waals surface area contributed by atoms with Gasteiger partial charge in [-0.15, -0.1) is 0 Å².